The number of hydrogen-bond acceptors (Lipinski definition) is 3. The van der Waals surface area contributed by atoms with E-state index in [4.69, 9.17) is 4.74 Å². The molecule has 0 N–H and O–H groups in total. The number of halogens is 2. The van der Waals surface area contributed by atoms with E-state index in [0.29, 0.717) is 11.4 Å². The fourth-order valence-electron chi connectivity index (χ4n) is 6.55. The average molecular weight is 629 g/mol. The molecule has 0 saturated carbocycles. The van der Waals surface area contributed by atoms with Crippen molar-refractivity contribution in [2.45, 2.75) is 22.5 Å². The van der Waals surface area contributed by atoms with Gasteiger partial charge in [0.15, 0.2) is 0 Å². The van der Waals surface area contributed by atoms with Gasteiger partial charge >= 0.3 is 0 Å². The molecular weight excluding hydrogens is 606 g/mol. The van der Waals surface area contributed by atoms with Gasteiger partial charge < -0.3 is 4.74 Å². The largest absolute Gasteiger partial charge is 0.457 e. The molecule has 0 spiro atoms. The molecule has 4 aromatic rings. The van der Waals surface area contributed by atoms with E-state index < -0.39 is 20.5 Å². The maximum atomic E-state index is 14.2. The Kier molecular flexibility index (Phi) is 5.11. The van der Waals surface area contributed by atoms with Gasteiger partial charge in [0.05, 0.1) is 26.2 Å². The molecule has 0 radical (unpaired) electrons. The van der Waals surface area contributed by atoms with Crippen molar-refractivity contribution in [1.29, 1.82) is 0 Å². The number of amides is 2. The smallest absolute Gasteiger partial charge is 0.239 e. The summed E-state index contributed by atoms with van der Waals surface area (Å²) in [6, 6.07) is 29.4. The van der Waals surface area contributed by atoms with Crippen molar-refractivity contribution in [3.63, 3.8) is 0 Å². The molecule has 6 heteroatoms. The number of carbonyl (C=O) groups excluding carboxylic acids is 2. The van der Waals surface area contributed by atoms with Gasteiger partial charge in [0, 0.05) is 0 Å². The Bertz CT molecular complexity index is 1540. The fourth-order valence-corrected chi connectivity index (χ4v) is 8.85. The lowest BCUT2D eigenvalue weighted by atomic mass is 9.54. The minimum absolute atomic E-state index is 0.201. The lowest BCUT2D eigenvalue weighted by molar-refractivity contribution is -0.122. The van der Waals surface area contributed by atoms with Crippen molar-refractivity contribution in [3.8, 4) is 11.5 Å². The van der Waals surface area contributed by atoms with E-state index in [1.54, 1.807) is 12.1 Å². The number of hydrogen-bond donors (Lipinski definition) is 0. The highest BCUT2D eigenvalue weighted by molar-refractivity contribution is 9.10. The second-order valence-electron chi connectivity index (χ2n) is 10.3. The van der Waals surface area contributed by atoms with Gasteiger partial charge in [0.25, 0.3) is 0 Å². The molecule has 4 aromatic carbocycles. The van der Waals surface area contributed by atoms with Gasteiger partial charge in [0.1, 0.15) is 11.5 Å². The van der Waals surface area contributed by atoms with Gasteiger partial charge in [-0.3, -0.25) is 9.59 Å². The first kappa shape index (κ1) is 23.9. The summed E-state index contributed by atoms with van der Waals surface area (Å²) in [6.07, 6.45) is 0. The van der Waals surface area contributed by atoms with Gasteiger partial charge in [-0.2, -0.15) is 0 Å². The Balaban J connectivity index is 1.31. The third kappa shape index (κ3) is 2.90. The molecule has 1 saturated heterocycles. The number of alkyl halides is 2. The minimum atomic E-state index is -0.798. The summed E-state index contributed by atoms with van der Waals surface area (Å²) in [7, 11) is 0. The van der Waals surface area contributed by atoms with Crippen molar-refractivity contribution in [2.24, 2.45) is 11.8 Å². The van der Waals surface area contributed by atoms with E-state index >= 15 is 0 Å². The molecule has 188 valence electrons. The molecule has 1 heterocycles. The molecule has 0 unspecified atom stereocenters. The molecule has 2 amide bonds. The number of aryl methyl sites for hydroxylation is 1. The first-order valence-corrected chi connectivity index (χ1v) is 14.2. The Labute approximate surface area is 237 Å². The maximum Gasteiger partial charge on any atom is 0.239 e. The molecule has 38 heavy (non-hydrogen) atoms. The van der Waals surface area contributed by atoms with E-state index in [1.165, 1.54) is 4.90 Å². The van der Waals surface area contributed by atoms with Crippen molar-refractivity contribution in [1.82, 2.24) is 0 Å². The Hall–Kier alpha value is -3.22. The topological polar surface area (TPSA) is 46.6 Å². The second kappa shape index (κ2) is 8.14. The van der Waals surface area contributed by atoms with Crippen LogP contribution in [-0.2, 0) is 18.2 Å². The number of rotatable bonds is 3. The van der Waals surface area contributed by atoms with Crippen molar-refractivity contribution >= 4 is 49.4 Å². The van der Waals surface area contributed by atoms with Crippen LogP contribution in [0.4, 0.5) is 5.69 Å². The molecule has 4 aliphatic rings. The normalized spacial score (nSPS) is 26.7. The van der Waals surface area contributed by atoms with Gasteiger partial charge in [-0.05, 0) is 77.6 Å². The van der Waals surface area contributed by atoms with Crippen LogP contribution in [0, 0.1) is 25.7 Å². The summed E-state index contributed by atoms with van der Waals surface area (Å²) in [6.45, 7) is 4.07. The molecule has 8 rings (SSSR count). The van der Waals surface area contributed by atoms with E-state index in [2.05, 4.69) is 56.1 Å². The number of anilines is 1. The predicted molar refractivity (Wildman–Crippen MR) is 154 cm³/mol. The summed E-state index contributed by atoms with van der Waals surface area (Å²) < 4.78 is 4.52. The van der Waals surface area contributed by atoms with Gasteiger partial charge in [-0.1, -0.05) is 92.5 Å². The minimum Gasteiger partial charge on any atom is -0.457 e. The maximum absolute atomic E-state index is 14.2. The van der Waals surface area contributed by atoms with Crippen LogP contribution in [0.5, 0.6) is 11.5 Å². The van der Waals surface area contributed by atoms with E-state index in [0.717, 1.165) is 39.1 Å². The Morgan fingerprint density at radius 1 is 0.658 bits per heavy atom. The number of ether oxygens (including phenoxy) is 1. The van der Waals surface area contributed by atoms with Crippen LogP contribution in [0.2, 0.25) is 0 Å². The number of benzene rings is 4. The summed E-state index contributed by atoms with van der Waals surface area (Å²) in [5.41, 5.74) is 6.87. The van der Waals surface area contributed by atoms with E-state index in [9.17, 15) is 9.59 Å². The van der Waals surface area contributed by atoms with Gasteiger partial charge in [-0.25, -0.2) is 4.90 Å². The van der Waals surface area contributed by atoms with Crippen LogP contribution in [-0.4, -0.2) is 11.8 Å². The molecule has 1 fully saturated rings. The highest BCUT2D eigenvalue weighted by Gasteiger charge is 2.72. The van der Waals surface area contributed by atoms with Crippen LogP contribution < -0.4 is 9.64 Å². The third-order valence-electron chi connectivity index (χ3n) is 8.46. The van der Waals surface area contributed by atoms with Crippen LogP contribution in [0.15, 0.2) is 91.0 Å². The summed E-state index contributed by atoms with van der Waals surface area (Å²) >= 11 is 8.10. The number of imide groups is 1. The quantitative estimate of drug-likeness (QED) is 0.174. The van der Waals surface area contributed by atoms with Crippen molar-refractivity contribution < 1.29 is 14.3 Å². The first-order chi connectivity index (χ1) is 18.3. The molecule has 1 aliphatic heterocycles. The average Bonchev–Trinajstić information content (AvgIpc) is 3.21. The van der Waals surface area contributed by atoms with Crippen LogP contribution in [0.1, 0.15) is 33.4 Å². The van der Waals surface area contributed by atoms with E-state index in [-0.39, 0.29) is 11.8 Å². The zero-order valence-corrected chi connectivity index (χ0v) is 23.9. The van der Waals surface area contributed by atoms with Crippen LogP contribution in [0.25, 0.3) is 0 Å². The van der Waals surface area contributed by atoms with Crippen LogP contribution >= 0.6 is 31.9 Å². The third-order valence-corrected chi connectivity index (χ3v) is 11.2. The van der Waals surface area contributed by atoms with Gasteiger partial charge in [0.2, 0.25) is 11.8 Å². The number of nitrogens with zero attached hydrogens (tertiary/aromatic N) is 1. The first-order valence-electron chi connectivity index (χ1n) is 12.6. The molecule has 2 bridgehead atoms. The molecule has 2 atom stereocenters. The SMILES string of the molecule is Cc1cccc(Oc2ccc(N3C(=O)[C@@H]4[C@@H](C3=O)C3(Br)c5ccccc5C4(Br)c4ccccc43)cc2)c1C. The second-order valence-corrected chi connectivity index (χ2v) is 12.8. The van der Waals surface area contributed by atoms with E-state index in [1.807, 2.05) is 68.4 Å². The van der Waals surface area contributed by atoms with Crippen molar-refractivity contribution in [2.75, 3.05) is 4.90 Å². The standard InChI is InChI=1S/C32H23Br2NO3/c1-18-8-7-13-26(19(18)2)38-21-16-14-20(15-17-21)35-29(36)27-28(30(35)37)32(34)23-10-4-3-9-22(23)31(27,33)24-11-5-6-12-25(24)32/h3-17,27-28H,1-2H3/t27-,28-,31?,32?/m0/s1. The summed E-state index contributed by atoms with van der Waals surface area (Å²) in [5.74, 6) is -0.157. The Morgan fingerprint density at radius 2 is 1.13 bits per heavy atom. The predicted octanol–water partition coefficient (Wildman–Crippen LogP) is 7.51. The van der Waals surface area contributed by atoms with Crippen molar-refractivity contribution in [3.05, 3.63) is 124 Å². The summed E-state index contributed by atoms with van der Waals surface area (Å²) in [5, 5.41) is 0. The molecule has 0 aromatic heterocycles. The lowest BCUT2D eigenvalue weighted by Gasteiger charge is -2.55. The molecular formula is C32H23Br2NO3. The molecule has 3 aliphatic carbocycles. The molecule has 4 nitrogen and oxygen atoms in total. The highest BCUT2D eigenvalue weighted by atomic mass is 79.9. The zero-order valence-electron chi connectivity index (χ0n) is 20.7. The number of carbonyl (C=O) groups is 2. The van der Waals surface area contributed by atoms with Gasteiger partial charge in [-0.15, -0.1) is 0 Å². The zero-order chi connectivity index (χ0) is 26.4. The summed E-state index contributed by atoms with van der Waals surface area (Å²) in [4.78, 5) is 29.7. The Morgan fingerprint density at radius 3 is 1.61 bits per heavy atom. The lowest BCUT2D eigenvalue weighted by Crippen LogP contribution is -2.56. The highest BCUT2D eigenvalue weighted by Crippen LogP contribution is 2.70. The van der Waals surface area contributed by atoms with Crippen LogP contribution in [0.3, 0.4) is 0 Å². The fraction of sp³-hybridized carbons (Fsp3) is 0.188. The monoisotopic (exact) mass is 627 g/mol.